The molecule has 0 bridgehead atoms. The van der Waals surface area contributed by atoms with E-state index in [1.807, 2.05) is 41.1 Å². The van der Waals surface area contributed by atoms with E-state index in [1.165, 1.54) is 11.1 Å². The molecule has 0 unspecified atom stereocenters. The molecule has 1 aromatic heterocycles. The monoisotopic (exact) mass is 349 g/mol. The molecule has 106 valence electrons. The summed E-state index contributed by atoms with van der Waals surface area (Å²) in [7, 11) is 0. The normalized spacial score (nSPS) is 11.0. The molecule has 3 nitrogen and oxygen atoms in total. The van der Waals surface area contributed by atoms with Crippen molar-refractivity contribution >= 4 is 27.0 Å². The fraction of sp³-hybridized carbons (Fsp3) is 0. The van der Waals surface area contributed by atoms with E-state index in [1.54, 1.807) is 0 Å². The van der Waals surface area contributed by atoms with Crippen LogP contribution in [0.1, 0.15) is 0 Å². The van der Waals surface area contributed by atoms with Crippen LogP contribution in [-0.4, -0.2) is 15.0 Å². The highest BCUT2D eigenvalue weighted by atomic mass is 79.9. The first-order chi connectivity index (χ1) is 10.8. The zero-order valence-corrected chi connectivity index (χ0v) is 13.2. The summed E-state index contributed by atoms with van der Waals surface area (Å²) in [5.41, 5.74) is 5.30. The topological polar surface area (TPSA) is 30.7 Å². The van der Waals surface area contributed by atoms with Gasteiger partial charge in [-0.25, -0.2) is 4.68 Å². The van der Waals surface area contributed by atoms with Crippen molar-refractivity contribution in [2.45, 2.75) is 0 Å². The van der Waals surface area contributed by atoms with Crippen molar-refractivity contribution in [2.24, 2.45) is 0 Å². The highest BCUT2D eigenvalue weighted by molar-refractivity contribution is 9.10. The predicted molar refractivity (Wildman–Crippen MR) is 92.0 cm³/mol. The third-order valence-electron chi connectivity index (χ3n) is 3.64. The standard InChI is InChI=1S/C18H12BrN3/c19-15-9-5-13(6-10-15)14-7-11-16(12-8-14)22-18-4-2-1-3-17(18)20-21-22/h1-12H. The second kappa shape index (κ2) is 5.39. The van der Waals surface area contributed by atoms with E-state index in [-0.39, 0.29) is 0 Å². The van der Waals surface area contributed by atoms with Crippen molar-refractivity contribution in [1.82, 2.24) is 15.0 Å². The molecule has 4 heteroatoms. The maximum Gasteiger partial charge on any atom is 0.113 e. The van der Waals surface area contributed by atoms with Gasteiger partial charge in [-0.2, -0.15) is 0 Å². The van der Waals surface area contributed by atoms with E-state index < -0.39 is 0 Å². The molecule has 4 rings (SSSR count). The maximum atomic E-state index is 4.24. The quantitative estimate of drug-likeness (QED) is 0.517. The molecule has 0 fully saturated rings. The lowest BCUT2D eigenvalue weighted by molar-refractivity contribution is 0.824. The third kappa shape index (κ3) is 2.31. The fourth-order valence-corrected chi connectivity index (χ4v) is 2.76. The van der Waals surface area contributed by atoms with Crippen molar-refractivity contribution in [3.05, 3.63) is 77.3 Å². The van der Waals surface area contributed by atoms with Gasteiger partial charge < -0.3 is 0 Å². The first-order valence-electron chi connectivity index (χ1n) is 6.98. The molecule has 3 aromatic carbocycles. The van der Waals surface area contributed by atoms with E-state index in [9.17, 15) is 0 Å². The van der Waals surface area contributed by atoms with Gasteiger partial charge >= 0.3 is 0 Å². The number of hydrogen-bond acceptors (Lipinski definition) is 2. The van der Waals surface area contributed by atoms with E-state index in [4.69, 9.17) is 0 Å². The van der Waals surface area contributed by atoms with Crippen LogP contribution in [0.15, 0.2) is 77.3 Å². The summed E-state index contributed by atoms with van der Waals surface area (Å²) >= 11 is 3.46. The summed E-state index contributed by atoms with van der Waals surface area (Å²) in [6.07, 6.45) is 0. The summed E-state index contributed by atoms with van der Waals surface area (Å²) in [6.45, 7) is 0. The molecule has 1 heterocycles. The second-order valence-electron chi connectivity index (χ2n) is 5.04. The van der Waals surface area contributed by atoms with Gasteiger partial charge in [0.25, 0.3) is 0 Å². The number of benzene rings is 3. The van der Waals surface area contributed by atoms with Crippen LogP contribution in [0.2, 0.25) is 0 Å². The van der Waals surface area contributed by atoms with E-state index in [2.05, 4.69) is 62.6 Å². The Morgan fingerprint density at radius 1 is 0.727 bits per heavy atom. The Morgan fingerprint density at radius 2 is 1.36 bits per heavy atom. The van der Waals surface area contributed by atoms with Crippen molar-refractivity contribution < 1.29 is 0 Å². The van der Waals surface area contributed by atoms with Crippen molar-refractivity contribution in [2.75, 3.05) is 0 Å². The minimum absolute atomic E-state index is 0.902. The van der Waals surface area contributed by atoms with E-state index in [0.29, 0.717) is 0 Å². The molecule has 0 aliphatic carbocycles. The molecule has 0 radical (unpaired) electrons. The number of nitrogens with zero attached hydrogens (tertiary/aromatic N) is 3. The van der Waals surface area contributed by atoms with Crippen LogP contribution < -0.4 is 0 Å². The van der Waals surface area contributed by atoms with Gasteiger partial charge in [-0.15, -0.1) is 5.10 Å². The minimum Gasteiger partial charge on any atom is -0.213 e. The molecule has 0 spiro atoms. The number of halogens is 1. The minimum atomic E-state index is 0.902. The highest BCUT2D eigenvalue weighted by Gasteiger charge is 2.06. The molecule has 0 saturated heterocycles. The average molecular weight is 350 g/mol. The summed E-state index contributed by atoms with van der Waals surface area (Å²) in [6, 6.07) is 24.6. The molecule has 0 saturated carbocycles. The first-order valence-corrected chi connectivity index (χ1v) is 7.77. The van der Waals surface area contributed by atoms with Gasteiger partial charge in [-0.1, -0.05) is 57.5 Å². The Labute approximate surface area is 136 Å². The Balaban J connectivity index is 1.74. The number of rotatable bonds is 2. The van der Waals surface area contributed by atoms with Crippen molar-refractivity contribution in [3.63, 3.8) is 0 Å². The predicted octanol–water partition coefficient (Wildman–Crippen LogP) is 4.85. The van der Waals surface area contributed by atoms with Crippen LogP contribution in [0.4, 0.5) is 0 Å². The van der Waals surface area contributed by atoms with Gasteiger partial charge in [0.2, 0.25) is 0 Å². The third-order valence-corrected chi connectivity index (χ3v) is 4.17. The van der Waals surface area contributed by atoms with Crippen LogP contribution in [0, 0.1) is 0 Å². The highest BCUT2D eigenvalue weighted by Crippen LogP contribution is 2.24. The number of aromatic nitrogens is 3. The van der Waals surface area contributed by atoms with Crippen LogP contribution >= 0.6 is 15.9 Å². The lowest BCUT2D eigenvalue weighted by Crippen LogP contribution is -1.96. The largest absolute Gasteiger partial charge is 0.213 e. The van der Waals surface area contributed by atoms with Gasteiger partial charge in [0.05, 0.1) is 11.2 Å². The van der Waals surface area contributed by atoms with Crippen molar-refractivity contribution in [3.8, 4) is 16.8 Å². The van der Waals surface area contributed by atoms with E-state index in [0.717, 1.165) is 21.2 Å². The second-order valence-corrected chi connectivity index (χ2v) is 5.96. The van der Waals surface area contributed by atoms with Gasteiger partial charge in [0, 0.05) is 4.47 Å². The van der Waals surface area contributed by atoms with Crippen molar-refractivity contribution in [1.29, 1.82) is 0 Å². The first kappa shape index (κ1) is 13.2. The summed E-state index contributed by atoms with van der Waals surface area (Å²) in [5.74, 6) is 0. The SMILES string of the molecule is Brc1ccc(-c2ccc(-n3nnc4ccccc43)cc2)cc1. The van der Waals surface area contributed by atoms with Crippen LogP contribution in [0.3, 0.4) is 0 Å². The molecule has 0 aliphatic heterocycles. The lowest BCUT2D eigenvalue weighted by atomic mass is 10.1. The Bertz CT molecular complexity index is 925. The lowest BCUT2D eigenvalue weighted by Gasteiger charge is -2.05. The molecule has 22 heavy (non-hydrogen) atoms. The van der Waals surface area contributed by atoms with Gasteiger partial charge in [0.1, 0.15) is 5.52 Å². The summed E-state index contributed by atoms with van der Waals surface area (Å²) in [5, 5.41) is 8.43. The smallest absolute Gasteiger partial charge is 0.113 e. The average Bonchev–Trinajstić information content (AvgIpc) is 3.00. The Kier molecular flexibility index (Phi) is 3.24. The van der Waals surface area contributed by atoms with Crippen LogP contribution in [0.25, 0.3) is 27.8 Å². The van der Waals surface area contributed by atoms with E-state index >= 15 is 0 Å². The number of hydrogen-bond donors (Lipinski definition) is 0. The molecule has 0 atom stereocenters. The molecular formula is C18H12BrN3. The molecule has 0 amide bonds. The zero-order valence-electron chi connectivity index (χ0n) is 11.6. The van der Waals surface area contributed by atoms with Gasteiger partial charge in [0.15, 0.2) is 0 Å². The summed E-state index contributed by atoms with van der Waals surface area (Å²) in [4.78, 5) is 0. The number of fused-ring (bicyclic) bond motifs is 1. The van der Waals surface area contributed by atoms with Gasteiger partial charge in [-0.05, 0) is 47.5 Å². The zero-order chi connectivity index (χ0) is 14.9. The van der Waals surface area contributed by atoms with Crippen LogP contribution in [-0.2, 0) is 0 Å². The fourth-order valence-electron chi connectivity index (χ4n) is 2.50. The Hall–Kier alpha value is -2.46. The van der Waals surface area contributed by atoms with Gasteiger partial charge in [-0.3, -0.25) is 0 Å². The molecule has 0 N–H and O–H groups in total. The Morgan fingerprint density at radius 3 is 2.09 bits per heavy atom. The molecular weight excluding hydrogens is 338 g/mol. The molecule has 0 aliphatic rings. The maximum absolute atomic E-state index is 4.24. The number of para-hydroxylation sites is 1. The summed E-state index contributed by atoms with van der Waals surface area (Å²) < 4.78 is 2.95. The molecule has 4 aromatic rings. The van der Waals surface area contributed by atoms with Crippen LogP contribution in [0.5, 0.6) is 0 Å².